The van der Waals surface area contributed by atoms with Crippen LogP contribution in [0.2, 0.25) is 0 Å². The highest BCUT2D eigenvalue weighted by atomic mass is 32.2. The summed E-state index contributed by atoms with van der Waals surface area (Å²) in [6.07, 6.45) is 5.32. The van der Waals surface area contributed by atoms with Gasteiger partial charge in [-0.25, -0.2) is 0 Å². The van der Waals surface area contributed by atoms with Crippen molar-refractivity contribution in [3.63, 3.8) is 0 Å². The third-order valence-corrected chi connectivity index (χ3v) is 5.34. The van der Waals surface area contributed by atoms with Gasteiger partial charge >= 0.3 is 0 Å². The number of fused-ring (bicyclic) bond motifs is 1. The number of hydrogen-bond donors (Lipinski definition) is 2. The minimum absolute atomic E-state index is 0.745. The molecule has 1 saturated carbocycles. The number of hydrogen-bond acceptors (Lipinski definition) is 3. The average Bonchev–Trinajstić information content (AvgIpc) is 2.47. The van der Waals surface area contributed by atoms with Crippen molar-refractivity contribution in [1.82, 2.24) is 5.32 Å². The van der Waals surface area contributed by atoms with Gasteiger partial charge in [0.15, 0.2) is 0 Å². The number of anilines is 1. The molecule has 0 unspecified atom stereocenters. The van der Waals surface area contributed by atoms with Crippen molar-refractivity contribution in [3.8, 4) is 0 Å². The van der Waals surface area contributed by atoms with Crippen molar-refractivity contribution in [3.05, 3.63) is 23.8 Å². The highest BCUT2D eigenvalue weighted by molar-refractivity contribution is 7.99. The predicted molar refractivity (Wildman–Crippen MR) is 79.7 cm³/mol. The summed E-state index contributed by atoms with van der Waals surface area (Å²) in [6, 6.07) is 7.79. The fourth-order valence-electron chi connectivity index (χ4n) is 3.12. The molecule has 2 N–H and O–H groups in total. The van der Waals surface area contributed by atoms with E-state index in [0.717, 1.165) is 18.5 Å². The van der Waals surface area contributed by atoms with Crippen LogP contribution in [-0.4, -0.2) is 25.4 Å². The van der Waals surface area contributed by atoms with Crippen molar-refractivity contribution in [2.24, 2.45) is 0 Å². The number of thioether (sulfide) groups is 1. The van der Waals surface area contributed by atoms with Crippen LogP contribution in [0, 0.1) is 0 Å². The third-order valence-electron chi connectivity index (χ3n) is 4.29. The number of benzene rings is 1. The van der Waals surface area contributed by atoms with E-state index in [9.17, 15) is 0 Å². The van der Waals surface area contributed by atoms with Crippen LogP contribution in [0.1, 0.15) is 37.2 Å². The van der Waals surface area contributed by atoms with Gasteiger partial charge in [-0.1, -0.05) is 6.07 Å². The van der Waals surface area contributed by atoms with E-state index < -0.39 is 0 Å². The molecular formula is C15H22N2S. The van der Waals surface area contributed by atoms with E-state index in [4.69, 9.17) is 0 Å². The molecule has 0 aromatic heterocycles. The van der Waals surface area contributed by atoms with Gasteiger partial charge in [0.05, 0.1) is 0 Å². The topological polar surface area (TPSA) is 24.1 Å². The summed E-state index contributed by atoms with van der Waals surface area (Å²) in [4.78, 5) is 1.45. The largest absolute Gasteiger partial charge is 0.383 e. The number of rotatable bonds is 2. The molecule has 3 heteroatoms. The smallest absolute Gasteiger partial charge is 0.0478 e. The Morgan fingerprint density at radius 1 is 1.22 bits per heavy atom. The molecule has 2 aliphatic rings. The summed E-state index contributed by atoms with van der Waals surface area (Å²) < 4.78 is 0. The Bertz CT molecular complexity index is 411. The molecule has 1 aliphatic heterocycles. The van der Waals surface area contributed by atoms with Crippen LogP contribution in [0.3, 0.4) is 0 Å². The van der Waals surface area contributed by atoms with E-state index in [2.05, 4.69) is 35.9 Å². The Kier molecular flexibility index (Phi) is 3.80. The molecule has 0 atom stereocenters. The lowest BCUT2D eigenvalue weighted by Crippen LogP contribution is -2.29. The molecule has 0 spiro atoms. The van der Waals surface area contributed by atoms with Crippen LogP contribution < -0.4 is 10.6 Å². The fourth-order valence-corrected chi connectivity index (χ4v) is 4.06. The van der Waals surface area contributed by atoms with Crippen LogP contribution in [0.25, 0.3) is 0 Å². The molecule has 3 rings (SSSR count). The first-order valence-corrected chi connectivity index (χ1v) is 8.03. The standard InChI is InChI=1S/C15H22N2S/c1-16-13-5-2-11(3-6-13)12-4-7-14-15(10-12)18-9-8-17-14/h4,7,10-11,13,16-17H,2-3,5-6,8-9H2,1H3. The average molecular weight is 262 g/mol. The second-order valence-corrected chi connectivity index (χ2v) is 6.50. The van der Waals surface area contributed by atoms with Crippen molar-refractivity contribution in [2.45, 2.75) is 42.5 Å². The molecule has 18 heavy (non-hydrogen) atoms. The first-order chi connectivity index (χ1) is 8.86. The zero-order valence-corrected chi connectivity index (χ0v) is 11.9. The van der Waals surface area contributed by atoms with E-state index in [0.29, 0.717) is 0 Å². The maximum absolute atomic E-state index is 3.48. The third kappa shape index (κ3) is 2.52. The van der Waals surface area contributed by atoms with E-state index in [1.54, 1.807) is 5.56 Å². The van der Waals surface area contributed by atoms with E-state index >= 15 is 0 Å². The van der Waals surface area contributed by atoms with Gasteiger partial charge in [0, 0.05) is 28.9 Å². The first kappa shape index (κ1) is 12.4. The van der Waals surface area contributed by atoms with Crippen LogP contribution in [0.15, 0.2) is 23.1 Å². The van der Waals surface area contributed by atoms with Crippen LogP contribution in [0.4, 0.5) is 5.69 Å². The zero-order valence-electron chi connectivity index (χ0n) is 11.0. The Balaban J connectivity index is 1.73. The predicted octanol–water partition coefficient (Wildman–Crippen LogP) is 3.45. The summed E-state index contributed by atoms with van der Waals surface area (Å²) in [5.41, 5.74) is 2.89. The van der Waals surface area contributed by atoms with Gasteiger partial charge in [0.1, 0.15) is 0 Å². The Morgan fingerprint density at radius 2 is 2.06 bits per heavy atom. The highest BCUT2D eigenvalue weighted by Crippen LogP contribution is 2.38. The second-order valence-electron chi connectivity index (χ2n) is 5.37. The molecule has 0 saturated heterocycles. The zero-order chi connectivity index (χ0) is 12.4. The van der Waals surface area contributed by atoms with Crippen LogP contribution in [0.5, 0.6) is 0 Å². The fraction of sp³-hybridized carbons (Fsp3) is 0.600. The molecule has 1 heterocycles. The lowest BCUT2D eigenvalue weighted by atomic mass is 9.82. The maximum atomic E-state index is 3.48. The van der Waals surface area contributed by atoms with Gasteiger partial charge in [0.2, 0.25) is 0 Å². The molecule has 98 valence electrons. The van der Waals surface area contributed by atoms with Crippen molar-refractivity contribution < 1.29 is 0 Å². The van der Waals surface area contributed by atoms with E-state index in [1.807, 2.05) is 11.8 Å². The molecule has 0 radical (unpaired) electrons. The minimum atomic E-state index is 0.745. The lowest BCUT2D eigenvalue weighted by molar-refractivity contribution is 0.358. The monoisotopic (exact) mass is 262 g/mol. The molecule has 1 aromatic rings. The van der Waals surface area contributed by atoms with Crippen molar-refractivity contribution in [1.29, 1.82) is 0 Å². The van der Waals surface area contributed by atoms with Gasteiger partial charge in [-0.15, -0.1) is 11.8 Å². The van der Waals surface area contributed by atoms with Gasteiger partial charge in [-0.05, 0) is 56.3 Å². The summed E-state index contributed by atoms with van der Waals surface area (Å²) in [5, 5.41) is 6.89. The first-order valence-electron chi connectivity index (χ1n) is 7.04. The summed E-state index contributed by atoms with van der Waals surface area (Å²) in [6.45, 7) is 1.10. The van der Waals surface area contributed by atoms with Crippen LogP contribution >= 0.6 is 11.8 Å². The molecular weight excluding hydrogens is 240 g/mol. The molecule has 1 fully saturated rings. The summed E-state index contributed by atoms with van der Waals surface area (Å²) in [7, 11) is 2.09. The summed E-state index contributed by atoms with van der Waals surface area (Å²) in [5.74, 6) is 1.98. The Hall–Kier alpha value is -0.670. The van der Waals surface area contributed by atoms with Crippen molar-refractivity contribution in [2.75, 3.05) is 24.7 Å². The minimum Gasteiger partial charge on any atom is -0.383 e. The van der Waals surface area contributed by atoms with E-state index in [1.165, 1.54) is 42.0 Å². The lowest BCUT2D eigenvalue weighted by Gasteiger charge is -2.29. The number of nitrogens with one attached hydrogen (secondary N) is 2. The van der Waals surface area contributed by atoms with Gasteiger partial charge in [-0.3, -0.25) is 0 Å². The Morgan fingerprint density at radius 3 is 2.83 bits per heavy atom. The second kappa shape index (κ2) is 5.54. The molecule has 2 nitrogen and oxygen atoms in total. The Labute approximate surface area is 114 Å². The van der Waals surface area contributed by atoms with Gasteiger partial charge in [-0.2, -0.15) is 0 Å². The SMILES string of the molecule is CNC1CCC(c2ccc3c(c2)SCCN3)CC1. The molecule has 1 aromatic carbocycles. The molecule has 1 aliphatic carbocycles. The van der Waals surface area contributed by atoms with E-state index in [-0.39, 0.29) is 0 Å². The highest BCUT2D eigenvalue weighted by Gasteiger charge is 2.22. The van der Waals surface area contributed by atoms with Gasteiger partial charge in [0.25, 0.3) is 0 Å². The van der Waals surface area contributed by atoms with Crippen LogP contribution in [-0.2, 0) is 0 Å². The van der Waals surface area contributed by atoms with Crippen molar-refractivity contribution >= 4 is 17.4 Å². The maximum Gasteiger partial charge on any atom is 0.0478 e. The molecule has 0 amide bonds. The summed E-state index contributed by atoms with van der Waals surface area (Å²) >= 11 is 2.00. The van der Waals surface area contributed by atoms with Gasteiger partial charge < -0.3 is 10.6 Å². The molecule has 0 bridgehead atoms. The quantitative estimate of drug-likeness (QED) is 0.853. The normalized spacial score (nSPS) is 27.4.